The van der Waals surface area contributed by atoms with Crippen molar-refractivity contribution in [2.75, 3.05) is 11.1 Å². The van der Waals surface area contributed by atoms with Crippen LogP contribution in [0, 0.1) is 5.82 Å². The Balaban J connectivity index is 1.52. The molecule has 1 heterocycles. The highest BCUT2D eigenvalue weighted by Crippen LogP contribution is 2.36. The number of benzene rings is 1. The fourth-order valence-corrected chi connectivity index (χ4v) is 3.55. The molecule has 1 atom stereocenters. The number of hydrogen-bond donors (Lipinski definition) is 2. The molecule has 134 valence electrons. The second kappa shape index (κ2) is 7.53. The van der Waals surface area contributed by atoms with Gasteiger partial charge >= 0.3 is 0 Å². The molecule has 8 heteroatoms. The third-order valence-corrected chi connectivity index (χ3v) is 5.45. The molecule has 25 heavy (non-hydrogen) atoms. The van der Waals surface area contributed by atoms with Gasteiger partial charge in [0.1, 0.15) is 5.82 Å². The molecule has 2 aromatic rings. The second-order valence-electron chi connectivity index (χ2n) is 6.33. The molecule has 1 aromatic heterocycles. The number of carbonyl (C=O) groups is 1. The Morgan fingerprint density at radius 2 is 2.08 bits per heavy atom. The topological polar surface area (TPSA) is 94.0 Å². The average molecular weight is 364 g/mol. The Labute approximate surface area is 149 Å². The number of rotatable bonds is 6. The van der Waals surface area contributed by atoms with Crippen LogP contribution in [0.2, 0.25) is 0 Å². The van der Waals surface area contributed by atoms with Crippen LogP contribution in [-0.4, -0.2) is 21.8 Å². The summed E-state index contributed by atoms with van der Waals surface area (Å²) in [6.45, 7) is 1.91. The number of thioether (sulfide) groups is 1. The fourth-order valence-electron chi connectivity index (χ4n) is 2.83. The quantitative estimate of drug-likeness (QED) is 0.816. The van der Waals surface area contributed by atoms with E-state index in [1.807, 2.05) is 6.92 Å². The molecule has 1 unspecified atom stereocenters. The molecular formula is C17H21FN4O2S. The summed E-state index contributed by atoms with van der Waals surface area (Å²) >= 11 is 1.39. The maximum absolute atomic E-state index is 12.9. The van der Waals surface area contributed by atoms with Crippen molar-refractivity contribution < 1.29 is 13.7 Å². The molecular weight excluding hydrogens is 343 g/mol. The van der Waals surface area contributed by atoms with Crippen molar-refractivity contribution in [3.05, 3.63) is 41.8 Å². The number of halogens is 1. The Hall–Kier alpha value is -1.93. The van der Waals surface area contributed by atoms with Crippen LogP contribution in [0.15, 0.2) is 28.8 Å². The number of anilines is 1. The Kier molecular flexibility index (Phi) is 5.39. The van der Waals surface area contributed by atoms with Crippen molar-refractivity contribution >= 4 is 23.4 Å². The van der Waals surface area contributed by atoms with E-state index in [9.17, 15) is 9.18 Å². The molecule has 3 rings (SSSR count). The molecule has 1 aliphatic carbocycles. The zero-order valence-corrected chi connectivity index (χ0v) is 14.8. The minimum atomic E-state index is -0.480. The Morgan fingerprint density at radius 3 is 2.76 bits per heavy atom. The molecule has 1 fully saturated rings. The largest absolute Gasteiger partial charge is 0.338 e. The van der Waals surface area contributed by atoms with Crippen LogP contribution in [0.25, 0.3) is 0 Å². The summed E-state index contributed by atoms with van der Waals surface area (Å²) in [6, 6.07) is 5.65. The molecule has 0 spiro atoms. The van der Waals surface area contributed by atoms with Crippen molar-refractivity contribution in [2.45, 2.75) is 43.4 Å². The van der Waals surface area contributed by atoms with Crippen LogP contribution in [0.4, 0.5) is 10.1 Å². The molecule has 6 nitrogen and oxygen atoms in total. The Morgan fingerprint density at radius 1 is 1.40 bits per heavy atom. The molecule has 1 aromatic carbocycles. The van der Waals surface area contributed by atoms with E-state index in [1.165, 1.54) is 36.0 Å². The molecule has 0 saturated heterocycles. The van der Waals surface area contributed by atoms with E-state index >= 15 is 0 Å². The molecule has 0 radical (unpaired) electrons. The van der Waals surface area contributed by atoms with Crippen molar-refractivity contribution in [3.63, 3.8) is 0 Å². The van der Waals surface area contributed by atoms with Crippen LogP contribution in [0.5, 0.6) is 0 Å². The first-order valence-corrected chi connectivity index (χ1v) is 9.31. The van der Waals surface area contributed by atoms with E-state index < -0.39 is 5.54 Å². The average Bonchev–Trinajstić information content (AvgIpc) is 3.25. The summed E-state index contributed by atoms with van der Waals surface area (Å²) in [6.07, 6.45) is 3.89. The van der Waals surface area contributed by atoms with Gasteiger partial charge in [0.05, 0.1) is 16.5 Å². The molecule has 1 amide bonds. The van der Waals surface area contributed by atoms with Gasteiger partial charge in [-0.05, 0) is 44.0 Å². The minimum Gasteiger partial charge on any atom is -0.338 e. The van der Waals surface area contributed by atoms with Crippen LogP contribution < -0.4 is 11.1 Å². The van der Waals surface area contributed by atoms with Crippen LogP contribution in [0.3, 0.4) is 0 Å². The van der Waals surface area contributed by atoms with Gasteiger partial charge in [0.15, 0.2) is 5.82 Å². The van der Waals surface area contributed by atoms with Gasteiger partial charge < -0.3 is 15.6 Å². The zero-order chi connectivity index (χ0) is 17.9. The van der Waals surface area contributed by atoms with Gasteiger partial charge in [-0.3, -0.25) is 4.79 Å². The first-order chi connectivity index (χ1) is 12.0. The number of amides is 1. The normalized spacial score (nSPS) is 17.4. The molecule has 3 N–H and O–H groups in total. The zero-order valence-electron chi connectivity index (χ0n) is 14.0. The highest BCUT2D eigenvalue weighted by atomic mass is 32.2. The summed E-state index contributed by atoms with van der Waals surface area (Å²) in [7, 11) is 0. The lowest BCUT2D eigenvalue weighted by Crippen LogP contribution is -2.34. The number of nitrogens with one attached hydrogen (secondary N) is 1. The smallest absolute Gasteiger partial charge is 0.239 e. The second-order valence-corrected chi connectivity index (χ2v) is 7.66. The summed E-state index contributed by atoms with van der Waals surface area (Å²) < 4.78 is 18.2. The van der Waals surface area contributed by atoms with Gasteiger partial charge in [-0.2, -0.15) is 4.98 Å². The van der Waals surface area contributed by atoms with E-state index in [4.69, 9.17) is 10.3 Å². The lowest BCUT2D eigenvalue weighted by molar-refractivity contribution is -0.113. The standard InChI is InChI=1S/C17H21FN4O2S/c1-11(15-21-16(22-24-15)17(19)8-2-3-9-17)25-10-14(23)20-13-6-4-12(18)5-7-13/h4-7,11H,2-3,8-10,19H2,1H3,(H,20,23). The minimum absolute atomic E-state index is 0.120. The summed E-state index contributed by atoms with van der Waals surface area (Å²) in [4.78, 5) is 16.4. The highest BCUT2D eigenvalue weighted by molar-refractivity contribution is 8.00. The molecule has 0 bridgehead atoms. The van der Waals surface area contributed by atoms with Crippen LogP contribution >= 0.6 is 11.8 Å². The lowest BCUT2D eigenvalue weighted by atomic mass is 9.99. The maximum atomic E-state index is 12.9. The predicted octanol–water partition coefficient (Wildman–Crippen LogP) is 3.37. The van der Waals surface area contributed by atoms with Crippen molar-refractivity contribution in [3.8, 4) is 0 Å². The molecule has 1 aliphatic rings. The van der Waals surface area contributed by atoms with Gasteiger partial charge in [-0.1, -0.05) is 18.0 Å². The van der Waals surface area contributed by atoms with Crippen molar-refractivity contribution in [2.24, 2.45) is 5.73 Å². The van der Waals surface area contributed by atoms with E-state index in [0.717, 1.165) is 25.7 Å². The van der Waals surface area contributed by atoms with Crippen LogP contribution in [-0.2, 0) is 10.3 Å². The number of nitrogens with two attached hydrogens (primary N) is 1. The molecule has 0 aliphatic heterocycles. The lowest BCUT2D eigenvalue weighted by Gasteiger charge is -2.17. The van der Waals surface area contributed by atoms with Crippen molar-refractivity contribution in [1.29, 1.82) is 0 Å². The summed E-state index contributed by atoms with van der Waals surface area (Å²) in [5.74, 6) is 0.751. The van der Waals surface area contributed by atoms with Gasteiger partial charge in [-0.15, -0.1) is 11.8 Å². The van der Waals surface area contributed by atoms with Crippen molar-refractivity contribution in [1.82, 2.24) is 10.1 Å². The first-order valence-electron chi connectivity index (χ1n) is 8.26. The maximum Gasteiger partial charge on any atom is 0.239 e. The SMILES string of the molecule is CC(SCC(=O)Nc1ccc(F)cc1)c1nc(C2(N)CCCC2)no1. The fraction of sp³-hybridized carbons (Fsp3) is 0.471. The molecule has 1 saturated carbocycles. The van der Waals surface area contributed by atoms with Crippen LogP contribution in [0.1, 0.15) is 49.6 Å². The van der Waals surface area contributed by atoms with E-state index in [2.05, 4.69) is 15.5 Å². The van der Waals surface area contributed by atoms with E-state index in [-0.39, 0.29) is 22.7 Å². The van der Waals surface area contributed by atoms with E-state index in [1.54, 1.807) is 0 Å². The Bertz CT molecular complexity index is 729. The summed E-state index contributed by atoms with van der Waals surface area (Å²) in [5, 5.41) is 6.63. The third-order valence-electron chi connectivity index (χ3n) is 4.32. The summed E-state index contributed by atoms with van der Waals surface area (Å²) in [5.41, 5.74) is 6.41. The van der Waals surface area contributed by atoms with Gasteiger partial charge in [-0.25, -0.2) is 4.39 Å². The van der Waals surface area contributed by atoms with Gasteiger partial charge in [0.25, 0.3) is 0 Å². The number of carbonyl (C=O) groups excluding carboxylic acids is 1. The highest BCUT2D eigenvalue weighted by Gasteiger charge is 2.36. The van der Waals surface area contributed by atoms with Gasteiger partial charge in [0, 0.05) is 5.69 Å². The number of nitrogens with zero attached hydrogens (tertiary/aromatic N) is 2. The number of hydrogen-bond acceptors (Lipinski definition) is 6. The third kappa shape index (κ3) is 4.38. The van der Waals surface area contributed by atoms with E-state index in [0.29, 0.717) is 17.4 Å². The predicted molar refractivity (Wildman–Crippen MR) is 94.5 cm³/mol. The van der Waals surface area contributed by atoms with Gasteiger partial charge in [0.2, 0.25) is 11.8 Å². The number of aromatic nitrogens is 2. The first kappa shape index (κ1) is 17.9. The monoisotopic (exact) mass is 364 g/mol.